The number of hydrogen-bond donors (Lipinski definition) is 0. The van der Waals surface area contributed by atoms with Gasteiger partial charge in [-0.15, -0.1) is 21.5 Å². The molecule has 0 aliphatic rings. The first-order valence-electron chi connectivity index (χ1n) is 5.60. The van der Waals surface area contributed by atoms with E-state index in [0.717, 1.165) is 22.0 Å². The van der Waals surface area contributed by atoms with Gasteiger partial charge in [0.2, 0.25) is 0 Å². The van der Waals surface area contributed by atoms with Crippen LogP contribution < -0.4 is 0 Å². The van der Waals surface area contributed by atoms with Crippen molar-refractivity contribution >= 4 is 22.9 Å². The molecule has 0 radical (unpaired) electrons. The minimum absolute atomic E-state index is 0.377. The Morgan fingerprint density at radius 3 is 2.63 bits per heavy atom. The topological polar surface area (TPSA) is 51.6 Å². The monoisotopic (exact) mass is 288 g/mol. The molecule has 3 heterocycles. The van der Waals surface area contributed by atoms with Gasteiger partial charge < -0.3 is 0 Å². The lowest BCUT2D eigenvalue weighted by atomic mass is 10.2. The van der Waals surface area contributed by atoms with Crippen LogP contribution in [0.25, 0.3) is 22.0 Å². The van der Waals surface area contributed by atoms with E-state index in [1.54, 1.807) is 17.4 Å². The minimum atomic E-state index is 0.377. The first-order valence-corrected chi connectivity index (χ1v) is 6.86. The lowest BCUT2D eigenvalue weighted by Gasteiger charge is -1.96. The standard InChI is InChI=1S/C13H9ClN4S/c1-8-2-3-9(6-15-8)13-16-11(7-19-13)10-4-5-12(14)18-17-10/h2-7H,1H3. The molecule has 0 fully saturated rings. The highest BCUT2D eigenvalue weighted by molar-refractivity contribution is 7.13. The van der Waals surface area contributed by atoms with Gasteiger partial charge in [-0.25, -0.2) is 4.98 Å². The van der Waals surface area contributed by atoms with Crippen molar-refractivity contribution in [2.24, 2.45) is 0 Å². The van der Waals surface area contributed by atoms with Crippen LogP contribution in [0.5, 0.6) is 0 Å². The van der Waals surface area contributed by atoms with Gasteiger partial charge in [-0.05, 0) is 31.2 Å². The summed E-state index contributed by atoms with van der Waals surface area (Å²) >= 11 is 7.27. The Hall–Kier alpha value is -1.85. The lowest BCUT2D eigenvalue weighted by molar-refractivity contribution is 1.03. The molecule has 0 aromatic carbocycles. The van der Waals surface area contributed by atoms with E-state index < -0.39 is 0 Å². The molecule has 0 atom stereocenters. The van der Waals surface area contributed by atoms with Crippen LogP contribution in [-0.4, -0.2) is 20.2 Å². The van der Waals surface area contributed by atoms with Crippen LogP contribution in [-0.2, 0) is 0 Å². The summed E-state index contributed by atoms with van der Waals surface area (Å²) in [4.78, 5) is 8.81. The van der Waals surface area contributed by atoms with Crippen molar-refractivity contribution in [2.45, 2.75) is 6.92 Å². The zero-order chi connectivity index (χ0) is 13.2. The van der Waals surface area contributed by atoms with Crippen LogP contribution in [0.3, 0.4) is 0 Å². The van der Waals surface area contributed by atoms with Crippen molar-refractivity contribution in [1.82, 2.24) is 20.2 Å². The van der Waals surface area contributed by atoms with Gasteiger partial charge in [0.25, 0.3) is 0 Å². The third-order valence-corrected chi connectivity index (χ3v) is 3.65. The molecule has 3 aromatic heterocycles. The van der Waals surface area contributed by atoms with Crippen LogP contribution in [0.4, 0.5) is 0 Å². The van der Waals surface area contributed by atoms with Crippen molar-refractivity contribution in [2.75, 3.05) is 0 Å². The highest BCUT2D eigenvalue weighted by atomic mass is 35.5. The second kappa shape index (κ2) is 5.03. The molecule has 0 saturated carbocycles. The van der Waals surface area contributed by atoms with E-state index in [0.29, 0.717) is 10.8 Å². The summed E-state index contributed by atoms with van der Waals surface area (Å²) in [5.74, 6) is 0. The molecule has 0 aliphatic heterocycles. The van der Waals surface area contributed by atoms with Gasteiger partial charge >= 0.3 is 0 Å². The SMILES string of the molecule is Cc1ccc(-c2nc(-c3ccc(Cl)nn3)cs2)cn1. The predicted molar refractivity (Wildman–Crippen MR) is 76.1 cm³/mol. The third-order valence-electron chi connectivity index (χ3n) is 2.56. The van der Waals surface area contributed by atoms with Gasteiger partial charge in [-0.1, -0.05) is 11.6 Å². The average Bonchev–Trinajstić information content (AvgIpc) is 2.90. The second-order valence-corrected chi connectivity index (χ2v) is 5.21. The van der Waals surface area contributed by atoms with E-state index in [1.165, 1.54) is 0 Å². The fraction of sp³-hybridized carbons (Fsp3) is 0.0769. The van der Waals surface area contributed by atoms with E-state index in [9.17, 15) is 0 Å². The Labute approximate surface area is 119 Å². The summed E-state index contributed by atoms with van der Waals surface area (Å²) < 4.78 is 0. The number of aryl methyl sites for hydroxylation is 1. The lowest BCUT2D eigenvalue weighted by Crippen LogP contribution is -1.87. The highest BCUT2D eigenvalue weighted by Crippen LogP contribution is 2.27. The van der Waals surface area contributed by atoms with Crippen LogP contribution >= 0.6 is 22.9 Å². The molecule has 6 heteroatoms. The number of aromatic nitrogens is 4. The van der Waals surface area contributed by atoms with Crippen LogP contribution in [0, 0.1) is 6.92 Å². The Bertz CT molecular complexity index is 631. The summed E-state index contributed by atoms with van der Waals surface area (Å²) in [6.45, 7) is 1.96. The highest BCUT2D eigenvalue weighted by Gasteiger charge is 2.08. The number of pyridine rings is 1. The summed E-state index contributed by atoms with van der Waals surface area (Å²) in [6, 6.07) is 7.49. The molecule has 0 spiro atoms. The largest absolute Gasteiger partial charge is 0.261 e. The van der Waals surface area contributed by atoms with Crippen LogP contribution in [0.2, 0.25) is 5.15 Å². The quantitative estimate of drug-likeness (QED) is 0.722. The maximum Gasteiger partial charge on any atom is 0.151 e. The molecule has 0 N–H and O–H groups in total. The van der Waals surface area contributed by atoms with Crippen LogP contribution in [0.1, 0.15) is 5.69 Å². The molecule has 0 amide bonds. The second-order valence-electron chi connectivity index (χ2n) is 3.97. The Balaban J connectivity index is 1.95. The van der Waals surface area contributed by atoms with E-state index in [4.69, 9.17) is 11.6 Å². The summed E-state index contributed by atoms with van der Waals surface area (Å²) in [5, 5.41) is 11.1. The molecule has 0 saturated heterocycles. The van der Waals surface area contributed by atoms with Gasteiger partial charge in [-0.3, -0.25) is 4.98 Å². The normalized spacial score (nSPS) is 10.6. The molecule has 19 heavy (non-hydrogen) atoms. The Morgan fingerprint density at radius 1 is 1.05 bits per heavy atom. The van der Waals surface area contributed by atoms with Gasteiger partial charge in [0, 0.05) is 22.8 Å². The van der Waals surface area contributed by atoms with Crippen molar-refractivity contribution in [1.29, 1.82) is 0 Å². The average molecular weight is 289 g/mol. The van der Waals surface area contributed by atoms with Crippen molar-refractivity contribution < 1.29 is 0 Å². The van der Waals surface area contributed by atoms with Crippen molar-refractivity contribution in [3.63, 3.8) is 0 Å². The molecule has 3 aromatic rings. The number of rotatable bonds is 2. The molecule has 94 valence electrons. The molecule has 0 unspecified atom stereocenters. The number of hydrogen-bond acceptors (Lipinski definition) is 5. The fourth-order valence-corrected chi connectivity index (χ4v) is 2.48. The van der Waals surface area contributed by atoms with E-state index >= 15 is 0 Å². The maximum atomic E-state index is 5.72. The molecule has 3 rings (SSSR count). The summed E-state index contributed by atoms with van der Waals surface area (Å²) in [5.41, 5.74) is 3.50. The molecular weight excluding hydrogens is 280 g/mol. The van der Waals surface area contributed by atoms with Gasteiger partial charge in [0.05, 0.1) is 0 Å². The van der Waals surface area contributed by atoms with Crippen molar-refractivity contribution in [3.8, 4) is 22.0 Å². The number of halogens is 1. The van der Waals surface area contributed by atoms with Gasteiger partial charge in [0.15, 0.2) is 5.15 Å². The zero-order valence-corrected chi connectivity index (χ0v) is 11.6. The third kappa shape index (κ3) is 2.62. The number of nitrogens with zero attached hydrogens (tertiary/aromatic N) is 4. The fourth-order valence-electron chi connectivity index (χ4n) is 1.57. The van der Waals surface area contributed by atoms with E-state index in [-0.39, 0.29) is 0 Å². The molecule has 4 nitrogen and oxygen atoms in total. The Kier molecular flexibility index (Phi) is 3.23. The summed E-state index contributed by atoms with van der Waals surface area (Å²) in [6.07, 6.45) is 1.82. The first kappa shape index (κ1) is 12.2. The minimum Gasteiger partial charge on any atom is -0.261 e. The summed E-state index contributed by atoms with van der Waals surface area (Å²) in [7, 11) is 0. The molecule has 0 bridgehead atoms. The number of thiazole rings is 1. The maximum absolute atomic E-state index is 5.72. The van der Waals surface area contributed by atoms with Gasteiger partial charge in [-0.2, -0.15) is 0 Å². The van der Waals surface area contributed by atoms with E-state index in [2.05, 4.69) is 20.2 Å². The first-order chi connectivity index (χ1) is 9.22. The van der Waals surface area contributed by atoms with Gasteiger partial charge in [0.1, 0.15) is 16.4 Å². The molecule has 0 aliphatic carbocycles. The van der Waals surface area contributed by atoms with E-state index in [1.807, 2.05) is 36.7 Å². The van der Waals surface area contributed by atoms with Crippen molar-refractivity contribution in [3.05, 3.63) is 46.7 Å². The molecular formula is C13H9ClN4S. The van der Waals surface area contributed by atoms with Crippen LogP contribution in [0.15, 0.2) is 35.8 Å². The predicted octanol–water partition coefficient (Wildman–Crippen LogP) is 3.62. The smallest absolute Gasteiger partial charge is 0.151 e. The Morgan fingerprint density at radius 2 is 1.95 bits per heavy atom. The zero-order valence-electron chi connectivity index (χ0n) is 10.0.